The van der Waals surface area contributed by atoms with Gasteiger partial charge in [-0.2, -0.15) is 0 Å². The molecule has 26 heavy (non-hydrogen) atoms. The van der Waals surface area contributed by atoms with Gasteiger partial charge in [0, 0.05) is 11.3 Å². The predicted octanol–water partition coefficient (Wildman–Crippen LogP) is 4.34. The van der Waals surface area contributed by atoms with Crippen molar-refractivity contribution < 1.29 is 9.84 Å². The minimum atomic E-state index is -0.116. The average Bonchev–Trinajstić information content (AvgIpc) is 2.68. The lowest BCUT2D eigenvalue weighted by atomic mass is 9.84. The molecule has 1 atom stereocenters. The van der Waals surface area contributed by atoms with Crippen LogP contribution in [0.25, 0.3) is 5.70 Å². The molecule has 136 valence electrons. The summed E-state index contributed by atoms with van der Waals surface area (Å²) in [7, 11) is 1.68. The zero-order valence-corrected chi connectivity index (χ0v) is 15.2. The maximum absolute atomic E-state index is 10.4. The Balaban J connectivity index is 1.73. The van der Waals surface area contributed by atoms with Gasteiger partial charge < -0.3 is 15.2 Å². The Morgan fingerprint density at radius 2 is 1.73 bits per heavy atom. The zero-order valence-electron chi connectivity index (χ0n) is 15.2. The van der Waals surface area contributed by atoms with Gasteiger partial charge in [-0.15, -0.1) is 0 Å². The van der Waals surface area contributed by atoms with Gasteiger partial charge in [-0.3, -0.25) is 5.32 Å². The van der Waals surface area contributed by atoms with Crippen LogP contribution in [0.4, 0.5) is 0 Å². The predicted molar refractivity (Wildman–Crippen MR) is 104 cm³/mol. The molecule has 2 aromatic rings. The quantitative estimate of drug-likeness (QED) is 0.771. The van der Waals surface area contributed by atoms with E-state index in [0.29, 0.717) is 5.75 Å². The van der Waals surface area contributed by atoms with E-state index in [1.807, 2.05) is 30.3 Å². The molecule has 1 unspecified atom stereocenters. The highest BCUT2D eigenvalue weighted by atomic mass is 16.5. The Morgan fingerprint density at radius 3 is 2.42 bits per heavy atom. The number of phenolic OH excluding ortho intramolecular Hbond substituents is 1. The molecule has 2 aromatic carbocycles. The molecule has 1 fully saturated rings. The van der Waals surface area contributed by atoms with Crippen LogP contribution >= 0.6 is 0 Å². The van der Waals surface area contributed by atoms with Crippen LogP contribution in [0.5, 0.6) is 11.5 Å². The Hall–Kier alpha value is -2.46. The number of nitrogens with one attached hydrogen (secondary N) is 2. The smallest absolute Gasteiger partial charge is 0.120 e. The minimum absolute atomic E-state index is 0.0207. The third kappa shape index (κ3) is 3.29. The van der Waals surface area contributed by atoms with Crippen LogP contribution in [0, 0.1) is 0 Å². The molecule has 4 rings (SSSR count). The van der Waals surface area contributed by atoms with Gasteiger partial charge >= 0.3 is 0 Å². The van der Waals surface area contributed by atoms with E-state index in [-0.39, 0.29) is 11.7 Å². The lowest BCUT2D eigenvalue weighted by Crippen LogP contribution is -2.60. The lowest BCUT2D eigenvalue weighted by Gasteiger charge is -2.46. The van der Waals surface area contributed by atoms with Crippen molar-refractivity contribution in [3.05, 3.63) is 65.7 Å². The second kappa shape index (κ2) is 7.04. The zero-order chi connectivity index (χ0) is 18.0. The van der Waals surface area contributed by atoms with Gasteiger partial charge in [0.2, 0.25) is 0 Å². The number of hydrogen-bond donors (Lipinski definition) is 3. The van der Waals surface area contributed by atoms with Gasteiger partial charge in [0.1, 0.15) is 11.5 Å². The second-order valence-electron chi connectivity index (χ2n) is 7.26. The summed E-state index contributed by atoms with van der Waals surface area (Å²) in [5, 5.41) is 17.9. The van der Waals surface area contributed by atoms with Gasteiger partial charge in [-0.25, -0.2) is 0 Å². The number of rotatable bonds is 3. The number of aromatic hydroxyl groups is 1. The van der Waals surface area contributed by atoms with E-state index in [1.165, 1.54) is 19.3 Å². The summed E-state index contributed by atoms with van der Waals surface area (Å²) in [4.78, 5) is 0. The van der Waals surface area contributed by atoms with E-state index in [4.69, 9.17) is 4.74 Å². The summed E-state index contributed by atoms with van der Waals surface area (Å²) >= 11 is 0. The Labute approximate surface area is 154 Å². The van der Waals surface area contributed by atoms with Crippen molar-refractivity contribution in [2.45, 2.75) is 43.8 Å². The third-order valence-electron chi connectivity index (χ3n) is 5.52. The Morgan fingerprint density at radius 1 is 1.00 bits per heavy atom. The molecular weight excluding hydrogens is 324 g/mol. The molecule has 1 aliphatic carbocycles. The molecule has 2 aliphatic rings. The summed E-state index contributed by atoms with van der Waals surface area (Å²) in [5.74, 6) is 1.19. The first-order valence-corrected chi connectivity index (χ1v) is 9.39. The molecule has 1 aliphatic heterocycles. The van der Waals surface area contributed by atoms with Gasteiger partial charge in [0.25, 0.3) is 0 Å². The summed E-state index contributed by atoms with van der Waals surface area (Å²) in [6.07, 6.45) is 8.06. The van der Waals surface area contributed by atoms with Crippen molar-refractivity contribution in [2.75, 3.05) is 7.11 Å². The third-order valence-corrected chi connectivity index (χ3v) is 5.52. The molecule has 0 radical (unpaired) electrons. The van der Waals surface area contributed by atoms with E-state index in [0.717, 1.165) is 35.4 Å². The molecule has 0 bridgehead atoms. The van der Waals surface area contributed by atoms with Crippen LogP contribution in [0.2, 0.25) is 0 Å². The Bertz CT molecular complexity index is 792. The first kappa shape index (κ1) is 17.0. The van der Waals surface area contributed by atoms with Crippen molar-refractivity contribution >= 4 is 5.70 Å². The molecule has 1 heterocycles. The SMILES string of the molecule is COc1ccc(C2=CC(c3ccccc3O)NC3(CCCCC3)N2)cc1. The molecule has 0 saturated heterocycles. The normalized spacial score (nSPS) is 21.7. The molecule has 1 spiro atoms. The summed E-state index contributed by atoms with van der Waals surface area (Å²) in [5.41, 5.74) is 3.05. The van der Waals surface area contributed by atoms with Crippen LogP contribution in [-0.4, -0.2) is 17.9 Å². The summed E-state index contributed by atoms with van der Waals surface area (Å²) in [6.45, 7) is 0. The molecule has 4 nitrogen and oxygen atoms in total. The number of ether oxygens (including phenoxy) is 1. The maximum Gasteiger partial charge on any atom is 0.120 e. The highest BCUT2D eigenvalue weighted by Crippen LogP contribution is 2.37. The van der Waals surface area contributed by atoms with E-state index in [9.17, 15) is 5.11 Å². The number of phenols is 1. The molecule has 1 saturated carbocycles. The minimum Gasteiger partial charge on any atom is -0.508 e. The molecule has 4 heteroatoms. The van der Waals surface area contributed by atoms with Crippen LogP contribution in [0.1, 0.15) is 49.3 Å². The monoisotopic (exact) mass is 350 g/mol. The number of methoxy groups -OCH3 is 1. The first-order valence-electron chi connectivity index (χ1n) is 9.39. The highest BCUT2D eigenvalue weighted by Gasteiger charge is 2.38. The van der Waals surface area contributed by atoms with Gasteiger partial charge in [-0.1, -0.05) is 24.6 Å². The fourth-order valence-electron chi connectivity index (χ4n) is 4.12. The topological polar surface area (TPSA) is 53.5 Å². The first-order chi connectivity index (χ1) is 12.7. The van der Waals surface area contributed by atoms with Crippen molar-refractivity contribution in [1.29, 1.82) is 0 Å². The van der Waals surface area contributed by atoms with Crippen molar-refractivity contribution in [3.63, 3.8) is 0 Å². The molecular formula is C22H26N2O2. The van der Waals surface area contributed by atoms with Crippen LogP contribution in [0.15, 0.2) is 54.6 Å². The fraction of sp³-hybridized carbons (Fsp3) is 0.364. The van der Waals surface area contributed by atoms with Crippen LogP contribution in [-0.2, 0) is 0 Å². The van der Waals surface area contributed by atoms with Crippen molar-refractivity contribution in [1.82, 2.24) is 10.6 Å². The standard InChI is InChI=1S/C22H26N2O2/c1-26-17-11-9-16(10-12-17)19-15-20(18-7-3-4-8-21(18)25)24-22(23-19)13-5-2-6-14-22/h3-4,7-12,15,20,23-25H,2,5-6,13-14H2,1H3. The van der Waals surface area contributed by atoms with Crippen LogP contribution in [0.3, 0.4) is 0 Å². The Kier molecular flexibility index (Phi) is 4.60. The largest absolute Gasteiger partial charge is 0.508 e. The lowest BCUT2D eigenvalue weighted by molar-refractivity contribution is 0.185. The number of hydrogen-bond acceptors (Lipinski definition) is 4. The van der Waals surface area contributed by atoms with Crippen molar-refractivity contribution in [3.8, 4) is 11.5 Å². The van der Waals surface area contributed by atoms with Gasteiger partial charge in [-0.05, 0) is 67.7 Å². The summed E-state index contributed by atoms with van der Waals surface area (Å²) in [6, 6.07) is 15.7. The molecule has 0 aromatic heterocycles. The number of para-hydroxylation sites is 1. The average molecular weight is 350 g/mol. The maximum atomic E-state index is 10.4. The van der Waals surface area contributed by atoms with Crippen LogP contribution < -0.4 is 15.4 Å². The molecule has 3 N–H and O–H groups in total. The van der Waals surface area contributed by atoms with E-state index in [2.05, 4.69) is 28.8 Å². The molecule has 0 amide bonds. The van der Waals surface area contributed by atoms with E-state index >= 15 is 0 Å². The number of benzene rings is 2. The van der Waals surface area contributed by atoms with E-state index in [1.54, 1.807) is 13.2 Å². The van der Waals surface area contributed by atoms with Gasteiger partial charge in [0.15, 0.2) is 0 Å². The summed E-state index contributed by atoms with van der Waals surface area (Å²) < 4.78 is 5.29. The van der Waals surface area contributed by atoms with E-state index < -0.39 is 0 Å². The van der Waals surface area contributed by atoms with Crippen molar-refractivity contribution in [2.24, 2.45) is 0 Å². The fourth-order valence-corrected chi connectivity index (χ4v) is 4.12. The highest BCUT2D eigenvalue weighted by molar-refractivity contribution is 5.67. The second-order valence-corrected chi connectivity index (χ2v) is 7.26. The van der Waals surface area contributed by atoms with Gasteiger partial charge in [0.05, 0.1) is 18.8 Å².